The zero-order valence-corrected chi connectivity index (χ0v) is 15.6. The van der Waals surface area contributed by atoms with Crippen molar-refractivity contribution in [3.8, 4) is 0 Å². The summed E-state index contributed by atoms with van der Waals surface area (Å²) in [7, 11) is 0. The third-order valence-electron chi connectivity index (χ3n) is 5.28. The molecule has 2 aliphatic rings. The van der Waals surface area contributed by atoms with Gasteiger partial charge >= 0.3 is 0 Å². The van der Waals surface area contributed by atoms with Crippen LogP contribution >= 0.6 is 0 Å². The van der Waals surface area contributed by atoms with Gasteiger partial charge in [-0.25, -0.2) is 0 Å². The van der Waals surface area contributed by atoms with E-state index in [1.807, 2.05) is 33.5 Å². The largest absolute Gasteiger partial charge is 0.378 e. The van der Waals surface area contributed by atoms with Crippen LogP contribution in [0, 0.1) is 6.92 Å². The fourth-order valence-electron chi connectivity index (χ4n) is 3.68. The van der Waals surface area contributed by atoms with Crippen LogP contribution in [0.5, 0.6) is 0 Å². The van der Waals surface area contributed by atoms with E-state index >= 15 is 0 Å². The fourth-order valence-corrected chi connectivity index (χ4v) is 3.68. The number of hydrogen-bond donors (Lipinski definition) is 1. The first-order valence-electron chi connectivity index (χ1n) is 9.46. The predicted octanol–water partition coefficient (Wildman–Crippen LogP) is 0.967. The molecule has 2 aromatic rings. The van der Waals surface area contributed by atoms with Crippen LogP contribution in [0.3, 0.4) is 0 Å². The molecule has 0 saturated carbocycles. The average Bonchev–Trinajstić information content (AvgIpc) is 3.31. The number of H-pyrrole nitrogens is 1. The number of fused-ring (bicyclic) bond motifs is 1. The number of carbonyl (C=O) groups is 2. The highest BCUT2D eigenvalue weighted by atomic mass is 16.5. The van der Waals surface area contributed by atoms with Crippen LogP contribution in [-0.4, -0.2) is 69.2 Å². The van der Waals surface area contributed by atoms with E-state index in [2.05, 4.69) is 10.1 Å². The Kier molecular flexibility index (Phi) is 4.98. The summed E-state index contributed by atoms with van der Waals surface area (Å²) in [6.45, 7) is 6.37. The van der Waals surface area contributed by atoms with Gasteiger partial charge in [0, 0.05) is 44.4 Å². The summed E-state index contributed by atoms with van der Waals surface area (Å²) < 4.78 is 7.25. The van der Waals surface area contributed by atoms with Crippen molar-refractivity contribution in [2.75, 3.05) is 32.8 Å². The van der Waals surface area contributed by atoms with Crippen LogP contribution in [0.4, 0.5) is 0 Å². The molecule has 0 atom stereocenters. The van der Waals surface area contributed by atoms with Gasteiger partial charge in [-0.2, -0.15) is 5.10 Å². The summed E-state index contributed by atoms with van der Waals surface area (Å²) in [5.74, 6) is 0.203. The second-order valence-corrected chi connectivity index (χ2v) is 7.09. The molecular weight excluding hydrogens is 346 g/mol. The topological polar surface area (TPSA) is 83.5 Å². The maximum absolute atomic E-state index is 12.7. The van der Waals surface area contributed by atoms with Crippen LogP contribution in [-0.2, 0) is 29.0 Å². The van der Waals surface area contributed by atoms with Crippen molar-refractivity contribution in [2.24, 2.45) is 0 Å². The van der Waals surface area contributed by atoms with E-state index in [-0.39, 0.29) is 11.8 Å². The summed E-state index contributed by atoms with van der Waals surface area (Å²) in [5.41, 5.74) is 3.55. The second kappa shape index (κ2) is 7.56. The van der Waals surface area contributed by atoms with E-state index in [0.29, 0.717) is 58.8 Å². The van der Waals surface area contributed by atoms with Crippen LogP contribution in [0.15, 0.2) is 18.3 Å². The molecule has 0 aliphatic carbocycles. The molecule has 0 unspecified atom stereocenters. The summed E-state index contributed by atoms with van der Waals surface area (Å²) in [5, 5.41) is 4.62. The van der Waals surface area contributed by atoms with Gasteiger partial charge in [0.05, 0.1) is 43.3 Å². The molecule has 4 heterocycles. The highest BCUT2D eigenvalue weighted by Crippen LogP contribution is 2.18. The summed E-state index contributed by atoms with van der Waals surface area (Å²) >= 11 is 0. The van der Waals surface area contributed by atoms with Gasteiger partial charge in [-0.1, -0.05) is 0 Å². The smallest absolute Gasteiger partial charge is 0.256 e. The van der Waals surface area contributed by atoms with Crippen LogP contribution in [0.2, 0.25) is 0 Å². The van der Waals surface area contributed by atoms with Gasteiger partial charge in [-0.05, 0) is 19.1 Å². The number of ether oxygens (including phenoxy) is 1. The highest BCUT2D eigenvalue weighted by molar-refractivity contribution is 5.95. The monoisotopic (exact) mass is 371 g/mol. The first-order valence-corrected chi connectivity index (χ1v) is 9.46. The van der Waals surface area contributed by atoms with Gasteiger partial charge in [0.2, 0.25) is 5.91 Å². The Bertz CT molecular complexity index is 834. The Balaban J connectivity index is 1.36. The molecule has 144 valence electrons. The number of aromatic amines is 1. The second-order valence-electron chi connectivity index (χ2n) is 7.09. The van der Waals surface area contributed by atoms with Gasteiger partial charge < -0.3 is 19.5 Å². The molecule has 0 spiro atoms. The van der Waals surface area contributed by atoms with Gasteiger partial charge in [0.1, 0.15) is 0 Å². The lowest BCUT2D eigenvalue weighted by Crippen LogP contribution is -2.40. The molecule has 8 nitrogen and oxygen atoms in total. The van der Waals surface area contributed by atoms with Gasteiger partial charge in [0.25, 0.3) is 5.91 Å². The Morgan fingerprint density at radius 3 is 2.74 bits per heavy atom. The first kappa shape index (κ1) is 17.8. The molecule has 27 heavy (non-hydrogen) atoms. The Morgan fingerprint density at radius 2 is 2.00 bits per heavy atom. The number of rotatable bonds is 4. The molecule has 8 heteroatoms. The molecule has 0 bridgehead atoms. The maximum Gasteiger partial charge on any atom is 0.256 e. The minimum absolute atomic E-state index is 0.0465. The van der Waals surface area contributed by atoms with E-state index in [0.717, 1.165) is 22.6 Å². The standard InChI is InChI=1S/C19H25N5O3/c1-14-17(4-5-20-14)19(26)23-6-7-24-16(13-23)12-15(21-24)2-3-18(25)22-8-10-27-11-9-22/h4-5,12,20H,2-3,6-11,13H2,1H3. The zero-order chi connectivity index (χ0) is 18.8. The van der Waals surface area contributed by atoms with Gasteiger partial charge in [-0.15, -0.1) is 0 Å². The molecule has 2 amide bonds. The number of amides is 2. The van der Waals surface area contributed by atoms with Crippen molar-refractivity contribution in [2.45, 2.75) is 32.9 Å². The average molecular weight is 371 g/mol. The minimum atomic E-state index is 0.0465. The van der Waals surface area contributed by atoms with Gasteiger partial charge in [0.15, 0.2) is 0 Å². The third kappa shape index (κ3) is 3.75. The number of nitrogens with zero attached hydrogens (tertiary/aromatic N) is 4. The molecule has 1 N–H and O–H groups in total. The quantitative estimate of drug-likeness (QED) is 0.868. The molecular formula is C19H25N5O3. The number of aromatic nitrogens is 3. The van der Waals surface area contributed by atoms with E-state index < -0.39 is 0 Å². The zero-order valence-electron chi connectivity index (χ0n) is 15.6. The summed E-state index contributed by atoms with van der Waals surface area (Å²) in [6.07, 6.45) is 2.88. The van der Waals surface area contributed by atoms with Crippen molar-refractivity contribution in [3.63, 3.8) is 0 Å². The third-order valence-corrected chi connectivity index (χ3v) is 5.28. The fraction of sp³-hybridized carbons (Fsp3) is 0.526. The molecule has 0 radical (unpaired) electrons. The van der Waals surface area contributed by atoms with Crippen molar-refractivity contribution >= 4 is 11.8 Å². The molecule has 1 fully saturated rings. The van der Waals surface area contributed by atoms with E-state index in [1.54, 1.807) is 6.20 Å². The van der Waals surface area contributed by atoms with Crippen molar-refractivity contribution in [1.29, 1.82) is 0 Å². The number of aryl methyl sites for hydroxylation is 2. The molecule has 4 rings (SSSR count). The lowest BCUT2D eigenvalue weighted by molar-refractivity contribution is -0.135. The van der Waals surface area contributed by atoms with Gasteiger partial charge in [-0.3, -0.25) is 14.3 Å². The number of hydrogen-bond acceptors (Lipinski definition) is 4. The van der Waals surface area contributed by atoms with Crippen molar-refractivity contribution in [1.82, 2.24) is 24.6 Å². The number of morpholine rings is 1. The van der Waals surface area contributed by atoms with Crippen LogP contribution in [0.1, 0.15) is 33.9 Å². The summed E-state index contributed by atoms with van der Waals surface area (Å²) in [6, 6.07) is 3.85. The van der Waals surface area contributed by atoms with Crippen LogP contribution < -0.4 is 0 Å². The number of nitrogens with one attached hydrogen (secondary N) is 1. The van der Waals surface area contributed by atoms with E-state index in [1.165, 1.54) is 0 Å². The Hall–Kier alpha value is -2.61. The van der Waals surface area contributed by atoms with Crippen molar-refractivity contribution in [3.05, 3.63) is 41.0 Å². The molecule has 2 aliphatic heterocycles. The molecule has 2 aromatic heterocycles. The predicted molar refractivity (Wildman–Crippen MR) is 98.2 cm³/mol. The highest BCUT2D eigenvalue weighted by Gasteiger charge is 2.25. The first-order chi connectivity index (χ1) is 13.1. The van der Waals surface area contributed by atoms with E-state index in [9.17, 15) is 9.59 Å². The molecule has 1 saturated heterocycles. The SMILES string of the molecule is Cc1[nH]ccc1C(=O)N1CCn2nc(CCC(=O)N3CCOCC3)cc2C1. The maximum atomic E-state index is 12.7. The lowest BCUT2D eigenvalue weighted by atomic mass is 10.1. The molecule has 0 aromatic carbocycles. The minimum Gasteiger partial charge on any atom is -0.378 e. The Morgan fingerprint density at radius 1 is 1.19 bits per heavy atom. The van der Waals surface area contributed by atoms with Crippen molar-refractivity contribution < 1.29 is 14.3 Å². The normalized spacial score (nSPS) is 17.1. The van der Waals surface area contributed by atoms with E-state index in [4.69, 9.17) is 4.74 Å². The Labute approximate surface area is 158 Å². The summed E-state index contributed by atoms with van der Waals surface area (Å²) in [4.78, 5) is 31.8. The number of carbonyl (C=O) groups excluding carboxylic acids is 2. The lowest BCUT2D eigenvalue weighted by Gasteiger charge is -2.27. The van der Waals surface area contributed by atoms with Crippen LogP contribution in [0.25, 0.3) is 0 Å².